The molecule has 2 aliphatic heterocycles. The van der Waals surface area contributed by atoms with E-state index in [2.05, 4.69) is 69.1 Å². The molecular formula is C23H38IN3O2. The molecular weight excluding hydrogens is 477 g/mol. The number of nitrogens with one attached hydrogen (secondary N) is 1. The maximum Gasteiger partial charge on any atom is 0.194 e. The van der Waals surface area contributed by atoms with Crippen LogP contribution < -0.4 is 10.1 Å². The Bertz CT molecular complexity index is 695. The highest BCUT2D eigenvalue weighted by atomic mass is 127. The molecule has 0 amide bonds. The average Bonchev–Trinajstić information content (AvgIpc) is 2.70. The molecule has 1 aromatic carbocycles. The summed E-state index contributed by atoms with van der Waals surface area (Å²) in [4.78, 5) is 7.58. The van der Waals surface area contributed by atoms with Crippen LogP contribution in [0.1, 0.15) is 53.0 Å². The van der Waals surface area contributed by atoms with Crippen molar-refractivity contribution in [3.05, 3.63) is 29.8 Å². The van der Waals surface area contributed by atoms with Crippen LogP contribution in [0.5, 0.6) is 5.75 Å². The molecule has 0 aromatic heterocycles. The number of methoxy groups -OCH3 is 1. The van der Waals surface area contributed by atoms with Gasteiger partial charge >= 0.3 is 0 Å². The van der Waals surface area contributed by atoms with Gasteiger partial charge in [0, 0.05) is 42.7 Å². The zero-order chi connectivity index (χ0) is 20.4. The number of benzene rings is 1. The van der Waals surface area contributed by atoms with Gasteiger partial charge < -0.3 is 19.7 Å². The Morgan fingerprint density at radius 1 is 1.14 bits per heavy atom. The van der Waals surface area contributed by atoms with Crippen molar-refractivity contribution in [2.75, 3.05) is 40.0 Å². The Morgan fingerprint density at radius 3 is 2.24 bits per heavy atom. The van der Waals surface area contributed by atoms with Crippen LogP contribution in [0.3, 0.4) is 0 Å². The molecule has 0 bridgehead atoms. The van der Waals surface area contributed by atoms with Crippen molar-refractivity contribution in [3.8, 4) is 5.75 Å². The molecule has 29 heavy (non-hydrogen) atoms. The van der Waals surface area contributed by atoms with Crippen LogP contribution in [-0.2, 0) is 10.2 Å². The third-order valence-corrected chi connectivity index (χ3v) is 7.16. The Balaban J connectivity index is 0.00000300. The molecule has 0 spiro atoms. The first-order valence-corrected chi connectivity index (χ1v) is 10.5. The Hall–Kier alpha value is -1.02. The van der Waals surface area contributed by atoms with E-state index in [0.29, 0.717) is 0 Å². The molecule has 6 heteroatoms. The lowest BCUT2D eigenvalue weighted by molar-refractivity contribution is -0.0669. The summed E-state index contributed by atoms with van der Waals surface area (Å²) in [5.74, 6) is 1.93. The van der Waals surface area contributed by atoms with Crippen LogP contribution >= 0.6 is 24.0 Å². The summed E-state index contributed by atoms with van der Waals surface area (Å²) in [6.45, 7) is 15.7. The predicted molar refractivity (Wildman–Crippen MR) is 131 cm³/mol. The second kappa shape index (κ2) is 9.41. The van der Waals surface area contributed by atoms with Gasteiger partial charge in [-0.2, -0.15) is 0 Å². The van der Waals surface area contributed by atoms with Gasteiger partial charge in [0.25, 0.3) is 0 Å². The first-order valence-electron chi connectivity index (χ1n) is 10.5. The maximum absolute atomic E-state index is 5.69. The van der Waals surface area contributed by atoms with Gasteiger partial charge in [0.2, 0.25) is 0 Å². The molecule has 3 rings (SSSR count). The zero-order valence-electron chi connectivity index (χ0n) is 18.9. The normalized spacial score (nSPS) is 22.3. The van der Waals surface area contributed by atoms with Crippen molar-refractivity contribution in [2.45, 2.75) is 58.4 Å². The number of hydrogen-bond donors (Lipinski definition) is 1. The summed E-state index contributed by atoms with van der Waals surface area (Å²) in [5, 5.41) is 3.53. The molecule has 0 radical (unpaired) electrons. The third-order valence-electron chi connectivity index (χ3n) is 7.16. The molecule has 1 N–H and O–H groups in total. The van der Waals surface area contributed by atoms with Crippen molar-refractivity contribution in [1.82, 2.24) is 10.2 Å². The monoisotopic (exact) mass is 515 g/mol. The Labute approximate surface area is 193 Å². The summed E-state index contributed by atoms with van der Waals surface area (Å²) < 4.78 is 11.0. The molecule has 164 valence electrons. The van der Waals surface area contributed by atoms with Gasteiger partial charge in [-0.15, -0.1) is 24.0 Å². The number of nitrogens with zero attached hydrogens (tertiary/aromatic N) is 2. The number of rotatable bonds is 5. The molecule has 0 unspecified atom stereocenters. The average molecular weight is 515 g/mol. The van der Waals surface area contributed by atoms with E-state index in [1.165, 1.54) is 5.56 Å². The van der Waals surface area contributed by atoms with E-state index in [4.69, 9.17) is 14.5 Å². The molecule has 2 fully saturated rings. The van der Waals surface area contributed by atoms with Crippen molar-refractivity contribution in [2.24, 2.45) is 10.4 Å². The molecule has 5 nitrogen and oxygen atoms in total. The molecule has 0 saturated carbocycles. The van der Waals surface area contributed by atoms with E-state index >= 15 is 0 Å². The van der Waals surface area contributed by atoms with E-state index in [1.807, 2.05) is 0 Å². The van der Waals surface area contributed by atoms with Gasteiger partial charge in [-0.25, -0.2) is 0 Å². The third kappa shape index (κ3) is 4.68. The minimum Gasteiger partial charge on any atom is -0.497 e. The van der Waals surface area contributed by atoms with Crippen LogP contribution in [-0.4, -0.2) is 56.4 Å². The summed E-state index contributed by atoms with van der Waals surface area (Å²) in [6, 6.07) is 8.51. The van der Waals surface area contributed by atoms with E-state index in [9.17, 15) is 0 Å². The van der Waals surface area contributed by atoms with Crippen LogP contribution in [0.2, 0.25) is 0 Å². The second-order valence-corrected chi connectivity index (χ2v) is 9.32. The molecule has 1 aromatic rings. The summed E-state index contributed by atoms with van der Waals surface area (Å²) in [6.07, 6.45) is 1.99. The highest BCUT2D eigenvalue weighted by Crippen LogP contribution is 2.46. The first-order chi connectivity index (χ1) is 13.3. The largest absolute Gasteiger partial charge is 0.497 e. The fourth-order valence-corrected chi connectivity index (χ4v) is 4.27. The molecule has 2 saturated heterocycles. The van der Waals surface area contributed by atoms with Gasteiger partial charge in [0.1, 0.15) is 5.75 Å². The number of likely N-dealkylation sites (tertiary alicyclic amines) is 1. The van der Waals surface area contributed by atoms with E-state index in [0.717, 1.165) is 57.4 Å². The summed E-state index contributed by atoms with van der Waals surface area (Å²) in [7, 11) is 1.71. The number of guanidine groups is 1. The fraction of sp³-hybridized carbons (Fsp3) is 0.696. The van der Waals surface area contributed by atoms with Gasteiger partial charge in [-0.05, 0) is 51.3 Å². The molecule has 2 aliphatic rings. The number of halogens is 1. The molecule has 0 atom stereocenters. The van der Waals surface area contributed by atoms with Crippen molar-refractivity contribution in [3.63, 3.8) is 0 Å². The molecule has 0 aliphatic carbocycles. The maximum atomic E-state index is 5.69. The fourth-order valence-electron chi connectivity index (χ4n) is 4.27. The molecule has 2 heterocycles. The van der Waals surface area contributed by atoms with Crippen molar-refractivity contribution < 1.29 is 9.47 Å². The van der Waals surface area contributed by atoms with E-state index in [1.54, 1.807) is 7.11 Å². The minimum absolute atomic E-state index is 0. The second-order valence-electron chi connectivity index (χ2n) is 9.32. The lowest BCUT2D eigenvalue weighted by Gasteiger charge is -2.62. The Morgan fingerprint density at radius 2 is 1.76 bits per heavy atom. The van der Waals surface area contributed by atoms with Gasteiger partial charge in [0.15, 0.2) is 5.96 Å². The zero-order valence-corrected chi connectivity index (χ0v) is 21.2. The standard InChI is InChI=1S/C23H37N3O2.HI/c1-7-24-20(26-17-21(2,3)22(26,4)5)25-16-23(12-14-28-15-13-23)18-8-10-19(27-6)11-9-18;/h8-11H,7,12-17H2,1-6H3,(H,24,25);1H. The number of hydrogen-bond acceptors (Lipinski definition) is 3. The van der Waals surface area contributed by atoms with Crippen LogP contribution in [0.15, 0.2) is 29.3 Å². The highest BCUT2D eigenvalue weighted by Gasteiger charge is 2.53. The predicted octanol–water partition coefficient (Wildman–Crippen LogP) is 4.45. The van der Waals surface area contributed by atoms with Gasteiger partial charge in [-0.1, -0.05) is 26.0 Å². The SMILES string of the molecule is CCNC(=NCC1(c2ccc(OC)cc2)CCOCC1)N1CC(C)(C)C1(C)C.I. The number of ether oxygens (including phenoxy) is 2. The van der Waals surface area contributed by atoms with E-state index < -0.39 is 0 Å². The highest BCUT2D eigenvalue weighted by molar-refractivity contribution is 14.0. The smallest absolute Gasteiger partial charge is 0.194 e. The topological polar surface area (TPSA) is 46.1 Å². The lowest BCUT2D eigenvalue weighted by Crippen LogP contribution is -2.72. The van der Waals surface area contributed by atoms with Gasteiger partial charge in [0.05, 0.1) is 13.7 Å². The lowest BCUT2D eigenvalue weighted by atomic mass is 9.65. The van der Waals surface area contributed by atoms with Crippen LogP contribution in [0.25, 0.3) is 0 Å². The summed E-state index contributed by atoms with van der Waals surface area (Å²) >= 11 is 0. The van der Waals surface area contributed by atoms with Gasteiger partial charge in [-0.3, -0.25) is 4.99 Å². The van der Waals surface area contributed by atoms with E-state index in [-0.39, 0.29) is 40.3 Å². The van der Waals surface area contributed by atoms with Crippen molar-refractivity contribution >= 4 is 29.9 Å². The minimum atomic E-state index is 0. The summed E-state index contributed by atoms with van der Waals surface area (Å²) in [5.41, 5.74) is 1.74. The Kier molecular flexibility index (Phi) is 7.87. The first kappa shape index (κ1) is 24.3. The number of aliphatic imine (C=N–C) groups is 1. The van der Waals surface area contributed by atoms with Crippen LogP contribution in [0, 0.1) is 5.41 Å². The van der Waals surface area contributed by atoms with Crippen molar-refractivity contribution in [1.29, 1.82) is 0 Å². The quantitative estimate of drug-likeness (QED) is 0.358. The van der Waals surface area contributed by atoms with Crippen LogP contribution in [0.4, 0.5) is 0 Å².